The molecule has 8 nitrogen and oxygen atoms in total. The van der Waals surface area contributed by atoms with Gasteiger partial charge >= 0.3 is 0 Å². The third-order valence-corrected chi connectivity index (χ3v) is 6.29. The van der Waals surface area contributed by atoms with Crippen molar-refractivity contribution in [1.82, 2.24) is 10.2 Å². The van der Waals surface area contributed by atoms with E-state index in [1.54, 1.807) is 6.07 Å². The number of piperidine rings is 1. The molecule has 0 aliphatic carbocycles. The fourth-order valence-corrected chi connectivity index (χ4v) is 3.98. The predicted octanol–water partition coefficient (Wildman–Crippen LogP) is 3.63. The van der Waals surface area contributed by atoms with E-state index in [2.05, 4.69) is 22.0 Å². The van der Waals surface area contributed by atoms with Crippen LogP contribution >= 0.6 is 0 Å². The number of nitrogens with one attached hydrogen (secondary N) is 1. The number of likely N-dealkylation sites (tertiary alicyclic amines) is 1. The van der Waals surface area contributed by atoms with E-state index in [1.165, 1.54) is 12.1 Å². The zero-order chi connectivity index (χ0) is 24.5. The van der Waals surface area contributed by atoms with Crippen molar-refractivity contribution in [1.29, 1.82) is 0 Å². The van der Waals surface area contributed by atoms with Gasteiger partial charge in [-0.15, -0.1) is 0 Å². The Balaban J connectivity index is 1.33. The molecule has 3 rings (SSSR count). The van der Waals surface area contributed by atoms with Crippen LogP contribution in [0.25, 0.3) is 0 Å². The molecule has 34 heavy (non-hydrogen) atoms. The number of halogens is 1. The van der Waals surface area contributed by atoms with Gasteiger partial charge in [-0.05, 0) is 56.7 Å². The first-order valence-corrected chi connectivity index (χ1v) is 12.1. The largest absolute Gasteiger partial charge is 0.493 e. The van der Waals surface area contributed by atoms with Crippen LogP contribution in [0.4, 0.5) is 4.39 Å². The summed E-state index contributed by atoms with van der Waals surface area (Å²) in [7, 11) is 0. The van der Waals surface area contributed by atoms with E-state index in [4.69, 9.17) is 20.0 Å². The number of amides is 1. The van der Waals surface area contributed by atoms with Crippen LogP contribution in [0.3, 0.4) is 0 Å². The minimum atomic E-state index is -0.580. The van der Waals surface area contributed by atoms with Gasteiger partial charge in [0.05, 0.1) is 24.8 Å². The molecule has 0 unspecified atom stereocenters. The Bertz CT molecular complexity index is 862. The number of benzene rings is 1. The van der Waals surface area contributed by atoms with Crippen molar-refractivity contribution >= 4 is 11.7 Å². The first-order chi connectivity index (χ1) is 16.3. The molecule has 0 aromatic heterocycles. The lowest BCUT2D eigenvalue weighted by Crippen LogP contribution is -2.35. The van der Waals surface area contributed by atoms with Crippen LogP contribution in [-0.2, 0) is 9.57 Å². The zero-order valence-electron chi connectivity index (χ0n) is 20.2. The van der Waals surface area contributed by atoms with Crippen LogP contribution in [0, 0.1) is 17.7 Å². The number of carbonyl (C=O) groups excluding carboxylic acids is 1. The molecule has 2 fully saturated rings. The lowest BCUT2D eigenvalue weighted by atomic mass is 9.92. The number of ether oxygens (including phenoxy) is 2. The van der Waals surface area contributed by atoms with Crippen LogP contribution in [0.15, 0.2) is 35.8 Å². The summed E-state index contributed by atoms with van der Waals surface area (Å²) >= 11 is 0. The minimum absolute atomic E-state index is 0.0224. The molecule has 2 saturated heterocycles. The summed E-state index contributed by atoms with van der Waals surface area (Å²) in [6, 6.07) is 4.33. The topological polar surface area (TPSA) is 98.4 Å². The molecule has 1 amide bonds. The van der Waals surface area contributed by atoms with Crippen molar-refractivity contribution in [2.24, 2.45) is 22.7 Å². The lowest BCUT2D eigenvalue weighted by molar-refractivity contribution is 0.0896. The number of nitrogens with two attached hydrogens (primary N) is 1. The van der Waals surface area contributed by atoms with Gasteiger partial charge < -0.3 is 30.3 Å². The van der Waals surface area contributed by atoms with E-state index in [0.29, 0.717) is 43.2 Å². The van der Waals surface area contributed by atoms with E-state index < -0.39 is 11.7 Å². The number of oxime groups is 1. The minimum Gasteiger partial charge on any atom is -0.493 e. The summed E-state index contributed by atoms with van der Waals surface area (Å²) < 4.78 is 25.4. The average molecular weight is 477 g/mol. The monoisotopic (exact) mass is 476 g/mol. The number of amidine groups is 1. The summed E-state index contributed by atoms with van der Waals surface area (Å²) in [5.74, 6) is 1.14. The Hall–Kier alpha value is -2.81. The number of hydrogen-bond donors (Lipinski definition) is 2. The molecule has 0 saturated carbocycles. The van der Waals surface area contributed by atoms with Gasteiger partial charge in [-0.1, -0.05) is 19.0 Å². The molecule has 0 bridgehead atoms. The quantitative estimate of drug-likeness (QED) is 0.166. The number of nitrogens with zero attached hydrogens (tertiary/aromatic N) is 2. The van der Waals surface area contributed by atoms with Crippen molar-refractivity contribution in [2.75, 3.05) is 32.9 Å². The van der Waals surface area contributed by atoms with Crippen LogP contribution in [0.5, 0.6) is 5.75 Å². The SMILES string of the molecule is C=C(O/N=C(\N)C(C)C)N1CCC(CCCOc2ccc(C(=O)N[C@@H]3CCOC3)c(F)c2)CC1. The normalized spacial score (nSPS) is 19.4. The second-order valence-electron chi connectivity index (χ2n) is 9.25. The van der Waals surface area contributed by atoms with Crippen molar-refractivity contribution in [3.05, 3.63) is 42.0 Å². The molecule has 0 spiro atoms. The zero-order valence-corrected chi connectivity index (χ0v) is 20.2. The smallest absolute Gasteiger partial charge is 0.254 e. The highest BCUT2D eigenvalue weighted by Gasteiger charge is 2.22. The molecular weight excluding hydrogens is 439 g/mol. The first kappa shape index (κ1) is 25.8. The molecule has 188 valence electrons. The van der Waals surface area contributed by atoms with Gasteiger partial charge in [0, 0.05) is 31.7 Å². The van der Waals surface area contributed by atoms with E-state index in [9.17, 15) is 9.18 Å². The summed E-state index contributed by atoms with van der Waals surface area (Å²) in [6.45, 7) is 11.2. The average Bonchev–Trinajstić information content (AvgIpc) is 3.33. The molecule has 1 aromatic rings. The fraction of sp³-hybridized carbons (Fsp3) is 0.600. The van der Waals surface area contributed by atoms with E-state index >= 15 is 0 Å². The second kappa shape index (κ2) is 12.6. The first-order valence-electron chi connectivity index (χ1n) is 12.1. The van der Waals surface area contributed by atoms with E-state index in [-0.39, 0.29) is 17.5 Å². The highest BCUT2D eigenvalue weighted by molar-refractivity contribution is 5.94. The maximum absolute atomic E-state index is 14.4. The molecule has 3 N–H and O–H groups in total. The Morgan fingerprint density at radius 3 is 2.76 bits per heavy atom. The van der Waals surface area contributed by atoms with Crippen LogP contribution in [-0.4, -0.2) is 55.6 Å². The summed E-state index contributed by atoms with van der Waals surface area (Å²) in [6.07, 6.45) is 4.74. The predicted molar refractivity (Wildman–Crippen MR) is 129 cm³/mol. The fourth-order valence-electron chi connectivity index (χ4n) is 3.98. The Morgan fingerprint density at radius 1 is 1.35 bits per heavy atom. The highest BCUT2D eigenvalue weighted by atomic mass is 19.1. The molecule has 1 atom stereocenters. The Kier molecular flexibility index (Phi) is 9.56. The van der Waals surface area contributed by atoms with Gasteiger partial charge in [0.2, 0.25) is 5.88 Å². The third-order valence-electron chi connectivity index (χ3n) is 6.29. The summed E-state index contributed by atoms with van der Waals surface area (Å²) in [4.78, 5) is 19.7. The maximum atomic E-state index is 14.4. The van der Waals surface area contributed by atoms with Crippen LogP contribution in [0.1, 0.15) is 56.3 Å². The number of rotatable bonds is 11. The Morgan fingerprint density at radius 2 is 2.12 bits per heavy atom. The maximum Gasteiger partial charge on any atom is 0.254 e. The van der Waals surface area contributed by atoms with Crippen molar-refractivity contribution in [3.8, 4) is 5.75 Å². The van der Waals surface area contributed by atoms with Gasteiger partial charge in [-0.2, -0.15) is 0 Å². The standard InChI is InChI=1S/C25H37FN4O4/c1-17(2)24(27)29-34-18(3)30-11-8-19(9-12-30)5-4-13-33-21-6-7-22(23(26)15-21)25(31)28-20-10-14-32-16-20/h6-7,15,17,19-20H,3-5,8-14,16H2,1-2H3,(H2,27,29)(H,28,31)/t20-/m1/s1. The van der Waals surface area contributed by atoms with Crippen molar-refractivity contribution in [2.45, 2.75) is 52.0 Å². The van der Waals surface area contributed by atoms with Gasteiger partial charge in [0.25, 0.3) is 5.91 Å². The molecule has 9 heteroatoms. The third kappa shape index (κ3) is 7.62. The van der Waals surface area contributed by atoms with E-state index in [1.807, 2.05) is 13.8 Å². The van der Waals surface area contributed by atoms with Gasteiger partial charge in [0.1, 0.15) is 17.4 Å². The van der Waals surface area contributed by atoms with Gasteiger partial charge in [-0.25, -0.2) is 4.39 Å². The number of carbonyl (C=O) groups is 1. The summed E-state index contributed by atoms with van der Waals surface area (Å²) in [5, 5.41) is 6.73. The lowest BCUT2D eigenvalue weighted by Gasteiger charge is -2.33. The second-order valence-corrected chi connectivity index (χ2v) is 9.25. The molecule has 1 aromatic carbocycles. The molecule has 0 radical (unpaired) electrons. The van der Waals surface area contributed by atoms with Crippen molar-refractivity contribution in [3.63, 3.8) is 0 Å². The van der Waals surface area contributed by atoms with Gasteiger partial charge in [0.15, 0.2) is 0 Å². The van der Waals surface area contributed by atoms with Gasteiger partial charge in [-0.3, -0.25) is 4.79 Å². The van der Waals surface area contributed by atoms with E-state index in [0.717, 1.165) is 45.2 Å². The summed E-state index contributed by atoms with van der Waals surface area (Å²) in [5.41, 5.74) is 5.82. The Labute approximate surface area is 201 Å². The molecular formula is C25H37FN4O4. The molecule has 2 aliphatic heterocycles. The van der Waals surface area contributed by atoms with Crippen molar-refractivity contribution < 1.29 is 23.5 Å². The van der Waals surface area contributed by atoms with Crippen LogP contribution in [0.2, 0.25) is 0 Å². The van der Waals surface area contributed by atoms with Crippen LogP contribution < -0.4 is 15.8 Å². The molecule has 2 aliphatic rings. The molecule has 2 heterocycles. The number of hydrogen-bond acceptors (Lipinski definition) is 6. The highest BCUT2D eigenvalue weighted by Crippen LogP contribution is 2.25.